The van der Waals surface area contributed by atoms with Crippen molar-refractivity contribution in [3.63, 3.8) is 0 Å². The number of amides is 3. The third-order valence-electron chi connectivity index (χ3n) is 3.74. The van der Waals surface area contributed by atoms with E-state index in [1.165, 1.54) is 0 Å². The Hall–Kier alpha value is -3.55. The SMILES string of the molecule is CCOc1ccc(OCC(=O)OCC(=O)NC(=O)Nc2ccc(C)cc2C)cc1. The molecule has 0 radical (unpaired) electrons. The number of carbonyl (C=O) groups excluding carboxylic acids is 3. The summed E-state index contributed by atoms with van der Waals surface area (Å²) in [7, 11) is 0. The topological polar surface area (TPSA) is 103 Å². The normalized spacial score (nSPS) is 10.0. The molecule has 2 aromatic carbocycles. The van der Waals surface area contributed by atoms with E-state index in [2.05, 4.69) is 10.6 Å². The number of urea groups is 1. The molecule has 0 aliphatic heterocycles. The van der Waals surface area contributed by atoms with Crippen LogP contribution in [0.15, 0.2) is 42.5 Å². The van der Waals surface area contributed by atoms with Gasteiger partial charge in [-0.3, -0.25) is 10.1 Å². The molecule has 0 heterocycles. The molecule has 0 aromatic heterocycles. The smallest absolute Gasteiger partial charge is 0.344 e. The van der Waals surface area contributed by atoms with Crippen LogP contribution in [0.3, 0.4) is 0 Å². The Balaban J connectivity index is 1.69. The predicted octanol–water partition coefficient (Wildman–Crippen LogP) is 2.97. The number of carbonyl (C=O) groups is 3. The van der Waals surface area contributed by atoms with Gasteiger partial charge in [-0.25, -0.2) is 9.59 Å². The van der Waals surface area contributed by atoms with Gasteiger partial charge in [0.05, 0.1) is 6.61 Å². The van der Waals surface area contributed by atoms with Crippen molar-refractivity contribution in [2.45, 2.75) is 20.8 Å². The minimum atomic E-state index is -0.748. The molecule has 3 amide bonds. The largest absolute Gasteiger partial charge is 0.494 e. The van der Waals surface area contributed by atoms with E-state index >= 15 is 0 Å². The molecule has 0 unspecified atom stereocenters. The molecular formula is C21H24N2O6. The first-order valence-corrected chi connectivity index (χ1v) is 9.06. The van der Waals surface area contributed by atoms with E-state index in [1.807, 2.05) is 32.9 Å². The number of nitrogens with one attached hydrogen (secondary N) is 2. The maximum atomic E-state index is 11.9. The van der Waals surface area contributed by atoms with Crippen molar-refractivity contribution in [2.75, 3.05) is 25.1 Å². The molecule has 8 nitrogen and oxygen atoms in total. The lowest BCUT2D eigenvalue weighted by molar-refractivity contribution is -0.150. The van der Waals surface area contributed by atoms with Crippen LogP contribution in [0.5, 0.6) is 11.5 Å². The summed E-state index contributed by atoms with van der Waals surface area (Å²) in [5.74, 6) is -0.327. The number of hydrogen-bond acceptors (Lipinski definition) is 6. The van der Waals surface area contributed by atoms with E-state index in [-0.39, 0.29) is 6.61 Å². The Kier molecular flexibility index (Phi) is 8.02. The first-order chi connectivity index (χ1) is 13.9. The lowest BCUT2D eigenvalue weighted by Gasteiger charge is -2.10. The van der Waals surface area contributed by atoms with E-state index in [9.17, 15) is 14.4 Å². The zero-order valence-corrected chi connectivity index (χ0v) is 16.6. The van der Waals surface area contributed by atoms with Crippen LogP contribution in [0.1, 0.15) is 18.1 Å². The number of ether oxygens (including phenoxy) is 3. The second-order valence-corrected chi connectivity index (χ2v) is 6.17. The van der Waals surface area contributed by atoms with Gasteiger partial charge in [-0.15, -0.1) is 0 Å². The molecule has 0 saturated carbocycles. The van der Waals surface area contributed by atoms with Gasteiger partial charge in [-0.2, -0.15) is 0 Å². The van der Waals surface area contributed by atoms with Crippen molar-refractivity contribution in [1.82, 2.24) is 5.32 Å². The second kappa shape index (κ2) is 10.7. The van der Waals surface area contributed by atoms with Gasteiger partial charge in [0.25, 0.3) is 5.91 Å². The van der Waals surface area contributed by atoms with Gasteiger partial charge in [0.1, 0.15) is 11.5 Å². The van der Waals surface area contributed by atoms with Gasteiger partial charge < -0.3 is 19.5 Å². The summed E-state index contributed by atoms with van der Waals surface area (Å²) in [6.07, 6.45) is 0. The highest BCUT2D eigenvalue weighted by Gasteiger charge is 2.12. The van der Waals surface area contributed by atoms with E-state index in [4.69, 9.17) is 14.2 Å². The molecule has 2 N–H and O–H groups in total. The molecule has 0 atom stereocenters. The maximum absolute atomic E-state index is 11.9. The van der Waals surface area contributed by atoms with Crippen LogP contribution < -0.4 is 20.1 Å². The molecule has 0 bridgehead atoms. The molecule has 0 spiro atoms. The minimum Gasteiger partial charge on any atom is -0.494 e. The molecule has 2 rings (SSSR count). The molecule has 8 heteroatoms. The highest BCUT2D eigenvalue weighted by atomic mass is 16.6. The van der Waals surface area contributed by atoms with Crippen molar-refractivity contribution >= 4 is 23.6 Å². The van der Waals surface area contributed by atoms with Crippen molar-refractivity contribution < 1.29 is 28.6 Å². The zero-order chi connectivity index (χ0) is 21.2. The quantitative estimate of drug-likeness (QED) is 0.661. The number of esters is 1. The Morgan fingerprint density at radius 3 is 2.17 bits per heavy atom. The number of benzene rings is 2. The van der Waals surface area contributed by atoms with Gasteiger partial charge in [-0.1, -0.05) is 17.7 Å². The average molecular weight is 400 g/mol. The summed E-state index contributed by atoms with van der Waals surface area (Å²) in [6, 6.07) is 11.5. The van der Waals surface area contributed by atoms with Crippen LogP contribution in [0, 0.1) is 13.8 Å². The third-order valence-corrected chi connectivity index (χ3v) is 3.74. The third kappa shape index (κ3) is 7.53. The summed E-state index contributed by atoms with van der Waals surface area (Å²) in [4.78, 5) is 35.3. The van der Waals surface area contributed by atoms with Gasteiger partial charge in [0.2, 0.25) is 0 Å². The van der Waals surface area contributed by atoms with Crippen LogP contribution in [0.25, 0.3) is 0 Å². The first-order valence-electron chi connectivity index (χ1n) is 9.06. The fourth-order valence-electron chi connectivity index (χ4n) is 2.40. The molecular weight excluding hydrogens is 376 g/mol. The summed E-state index contributed by atoms with van der Waals surface area (Å²) < 4.78 is 15.4. The Labute approximate surface area is 169 Å². The summed E-state index contributed by atoms with van der Waals surface area (Å²) in [5.41, 5.74) is 2.51. The van der Waals surface area contributed by atoms with Crippen molar-refractivity contribution in [1.29, 1.82) is 0 Å². The van der Waals surface area contributed by atoms with Crippen LogP contribution in [0.4, 0.5) is 10.5 Å². The van der Waals surface area contributed by atoms with Gasteiger partial charge in [-0.05, 0) is 56.7 Å². The minimum absolute atomic E-state index is 0.365. The molecule has 154 valence electrons. The Bertz CT molecular complexity index is 864. The van der Waals surface area contributed by atoms with E-state index in [1.54, 1.807) is 30.3 Å². The van der Waals surface area contributed by atoms with Gasteiger partial charge in [0.15, 0.2) is 13.2 Å². The second-order valence-electron chi connectivity index (χ2n) is 6.17. The monoisotopic (exact) mass is 400 g/mol. The van der Waals surface area contributed by atoms with Crippen LogP contribution in [0.2, 0.25) is 0 Å². The molecule has 0 aliphatic carbocycles. The van der Waals surface area contributed by atoms with E-state index in [0.717, 1.165) is 11.1 Å². The molecule has 0 saturated heterocycles. The summed E-state index contributed by atoms with van der Waals surface area (Å²) >= 11 is 0. The number of rotatable bonds is 8. The maximum Gasteiger partial charge on any atom is 0.344 e. The standard InChI is InChI=1S/C21H24N2O6/c1-4-27-16-6-8-17(9-7-16)28-13-20(25)29-12-19(24)23-21(26)22-18-10-5-14(2)11-15(18)3/h5-11H,4,12-13H2,1-3H3,(H2,22,23,24,26). The fourth-order valence-corrected chi connectivity index (χ4v) is 2.40. The fraction of sp³-hybridized carbons (Fsp3) is 0.286. The van der Waals surface area contributed by atoms with Crippen LogP contribution in [-0.4, -0.2) is 37.7 Å². The van der Waals surface area contributed by atoms with E-state index < -0.39 is 24.5 Å². The summed E-state index contributed by atoms with van der Waals surface area (Å²) in [5, 5.41) is 4.67. The highest BCUT2D eigenvalue weighted by Crippen LogP contribution is 2.17. The number of hydrogen-bond donors (Lipinski definition) is 2. The molecule has 0 fully saturated rings. The first kappa shape index (κ1) is 21.7. The van der Waals surface area contributed by atoms with Crippen molar-refractivity contribution in [3.8, 4) is 11.5 Å². The number of anilines is 1. The lowest BCUT2D eigenvalue weighted by atomic mass is 10.1. The van der Waals surface area contributed by atoms with Crippen molar-refractivity contribution in [2.24, 2.45) is 0 Å². The van der Waals surface area contributed by atoms with Crippen molar-refractivity contribution in [3.05, 3.63) is 53.6 Å². The van der Waals surface area contributed by atoms with Gasteiger partial charge in [0, 0.05) is 5.69 Å². The molecule has 2 aromatic rings. The van der Waals surface area contributed by atoms with Gasteiger partial charge >= 0.3 is 12.0 Å². The Morgan fingerprint density at radius 1 is 0.897 bits per heavy atom. The number of aryl methyl sites for hydroxylation is 2. The van der Waals surface area contributed by atoms with Crippen LogP contribution >= 0.6 is 0 Å². The molecule has 29 heavy (non-hydrogen) atoms. The zero-order valence-electron chi connectivity index (χ0n) is 16.6. The predicted molar refractivity (Wildman–Crippen MR) is 107 cm³/mol. The highest BCUT2D eigenvalue weighted by molar-refractivity contribution is 6.02. The Morgan fingerprint density at radius 2 is 1.55 bits per heavy atom. The van der Waals surface area contributed by atoms with E-state index in [0.29, 0.717) is 23.8 Å². The van der Waals surface area contributed by atoms with Crippen LogP contribution in [-0.2, 0) is 14.3 Å². The average Bonchev–Trinajstić information content (AvgIpc) is 2.68. The summed E-state index contributed by atoms with van der Waals surface area (Å²) in [6.45, 7) is 5.26. The lowest BCUT2D eigenvalue weighted by Crippen LogP contribution is -2.37. The molecule has 0 aliphatic rings. The number of imide groups is 1.